The summed E-state index contributed by atoms with van der Waals surface area (Å²) in [5, 5.41) is 24.2. The highest BCUT2D eigenvalue weighted by molar-refractivity contribution is 7.98. The normalized spacial score (nSPS) is 12.7. The molecule has 1 aromatic rings. The van der Waals surface area contributed by atoms with Crippen LogP contribution in [0.1, 0.15) is 12.0 Å². The van der Waals surface area contributed by atoms with E-state index < -0.39 is 34.4 Å². The number of aliphatic carboxylic acids is 1. The summed E-state index contributed by atoms with van der Waals surface area (Å²) in [6, 6.07) is 0.623. The quantitative estimate of drug-likeness (QED) is 0.603. The number of halogens is 3. The minimum atomic E-state index is -4.73. The number of thioether (sulfide) groups is 1. The van der Waals surface area contributed by atoms with Crippen LogP contribution >= 0.6 is 11.8 Å². The summed E-state index contributed by atoms with van der Waals surface area (Å²) in [6.45, 7) is 0. The van der Waals surface area contributed by atoms with Crippen molar-refractivity contribution in [2.75, 3.05) is 17.3 Å². The van der Waals surface area contributed by atoms with Gasteiger partial charge in [-0.25, -0.2) is 0 Å². The summed E-state index contributed by atoms with van der Waals surface area (Å²) >= 11 is 1.36. The molecule has 0 radical (unpaired) electrons. The molecule has 0 aliphatic heterocycles. The third-order valence-electron chi connectivity index (χ3n) is 2.75. The maximum atomic E-state index is 12.6. The highest BCUT2D eigenvalue weighted by Crippen LogP contribution is 2.35. The fraction of sp³-hybridized carbons (Fsp3) is 0.417. The first-order chi connectivity index (χ1) is 10.2. The van der Waals surface area contributed by atoms with Crippen molar-refractivity contribution in [1.29, 1.82) is 0 Å². The molecule has 0 bridgehead atoms. The van der Waals surface area contributed by atoms with Gasteiger partial charge in [-0.3, -0.25) is 10.1 Å². The molecule has 22 heavy (non-hydrogen) atoms. The molecule has 1 N–H and O–H groups in total. The highest BCUT2D eigenvalue weighted by atomic mass is 32.2. The molecule has 0 fully saturated rings. The van der Waals surface area contributed by atoms with Crippen molar-refractivity contribution in [1.82, 2.24) is 0 Å². The molecule has 1 aromatic carbocycles. The van der Waals surface area contributed by atoms with Gasteiger partial charge in [0.15, 0.2) is 0 Å². The fourth-order valence-corrected chi connectivity index (χ4v) is 2.12. The van der Waals surface area contributed by atoms with Crippen molar-refractivity contribution in [3.63, 3.8) is 0 Å². The predicted octanol–water partition coefficient (Wildman–Crippen LogP) is 1.90. The second-order valence-electron chi connectivity index (χ2n) is 4.28. The lowest BCUT2D eigenvalue weighted by Gasteiger charge is -2.20. The third kappa shape index (κ3) is 4.79. The zero-order valence-corrected chi connectivity index (χ0v) is 12.2. The fourth-order valence-electron chi connectivity index (χ4n) is 1.65. The number of nitro groups is 1. The van der Waals surface area contributed by atoms with Gasteiger partial charge in [0.05, 0.1) is 22.5 Å². The van der Waals surface area contributed by atoms with Gasteiger partial charge >= 0.3 is 6.18 Å². The van der Waals surface area contributed by atoms with Crippen LogP contribution in [-0.4, -0.2) is 28.9 Å². The zero-order valence-electron chi connectivity index (χ0n) is 11.3. The van der Waals surface area contributed by atoms with E-state index in [4.69, 9.17) is 0 Å². The third-order valence-corrected chi connectivity index (χ3v) is 3.39. The lowest BCUT2D eigenvalue weighted by molar-refractivity contribution is -0.384. The van der Waals surface area contributed by atoms with E-state index in [9.17, 15) is 33.2 Å². The number of hydrogen-bond acceptors (Lipinski definition) is 6. The summed E-state index contributed by atoms with van der Waals surface area (Å²) in [6.07, 6.45) is -2.87. The van der Waals surface area contributed by atoms with E-state index in [0.717, 1.165) is 6.07 Å². The van der Waals surface area contributed by atoms with Gasteiger partial charge < -0.3 is 15.2 Å². The summed E-state index contributed by atoms with van der Waals surface area (Å²) in [5.41, 5.74) is -2.32. The largest absolute Gasteiger partial charge is 0.548 e. The van der Waals surface area contributed by atoms with Crippen molar-refractivity contribution in [3.8, 4) is 0 Å². The average molecular weight is 337 g/mol. The topological polar surface area (TPSA) is 95.3 Å². The number of benzene rings is 1. The standard InChI is InChI=1S/C12H13F3N2O4S/c1-22-5-4-9(11(18)19)16-8-3-2-7(12(13,14)15)6-10(8)17(20)21/h2-3,6,9,16H,4-5H2,1H3,(H,18,19)/p-1/t9-/m1/s1. The molecular weight excluding hydrogens is 325 g/mol. The summed E-state index contributed by atoms with van der Waals surface area (Å²) in [5.74, 6) is -1.04. The first-order valence-electron chi connectivity index (χ1n) is 5.98. The molecule has 0 aromatic heterocycles. The lowest BCUT2D eigenvalue weighted by Crippen LogP contribution is -2.41. The van der Waals surface area contributed by atoms with Crippen LogP contribution in [0.5, 0.6) is 0 Å². The van der Waals surface area contributed by atoms with Crippen LogP contribution in [0.2, 0.25) is 0 Å². The Morgan fingerprint density at radius 3 is 2.55 bits per heavy atom. The van der Waals surface area contributed by atoms with Gasteiger partial charge in [0.25, 0.3) is 5.69 Å². The van der Waals surface area contributed by atoms with Crippen LogP contribution in [0.25, 0.3) is 0 Å². The highest BCUT2D eigenvalue weighted by Gasteiger charge is 2.33. The maximum absolute atomic E-state index is 12.6. The van der Waals surface area contributed by atoms with Crippen molar-refractivity contribution in [2.24, 2.45) is 0 Å². The molecule has 0 saturated carbocycles. The minimum absolute atomic E-state index is 0.113. The molecule has 0 heterocycles. The Balaban J connectivity index is 3.12. The zero-order chi connectivity index (χ0) is 16.9. The van der Waals surface area contributed by atoms with E-state index in [-0.39, 0.29) is 12.1 Å². The number of rotatable bonds is 7. The Kier molecular flexibility index (Phi) is 6.03. The number of carbonyl (C=O) groups is 1. The smallest absolute Gasteiger partial charge is 0.416 e. The molecule has 0 aliphatic carbocycles. The first-order valence-corrected chi connectivity index (χ1v) is 7.38. The van der Waals surface area contributed by atoms with Crippen LogP contribution in [-0.2, 0) is 11.0 Å². The number of carboxylic acid groups (broad SMARTS) is 1. The monoisotopic (exact) mass is 337 g/mol. The van der Waals surface area contributed by atoms with Crippen LogP contribution in [0.3, 0.4) is 0 Å². The molecule has 0 unspecified atom stereocenters. The Morgan fingerprint density at radius 2 is 2.09 bits per heavy atom. The van der Waals surface area contributed by atoms with E-state index >= 15 is 0 Å². The van der Waals surface area contributed by atoms with Crippen molar-refractivity contribution in [3.05, 3.63) is 33.9 Å². The van der Waals surface area contributed by atoms with Crippen LogP contribution in [0, 0.1) is 10.1 Å². The van der Waals surface area contributed by atoms with Gasteiger partial charge in [0, 0.05) is 6.07 Å². The maximum Gasteiger partial charge on any atom is 0.416 e. The average Bonchev–Trinajstić information content (AvgIpc) is 2.41. The minimum Gasteiger partial charge on any atom is -0.548 e. The van der Waals surface area contributed by atoms with E-state index in [2.05, 4.69) is 5.32 Å². The molecular formula is C12H12F3N2O4S-. The van der Waals surface area contributed by atoms with Crippen LogP contribution in [0.15, 0.2) is 18.2 Å². The van der Waals surface area contributed by atoms with Gasteiger partial charge in [-0.1, -0.05) is 0 Å². The second-order valence-corrected chi connectivity index (χ2v) is 5.27. The van der Waals surface area contributed by atoms with Crippen LogP contribution < -0.4 is 10.4 Å². The summed E-state index contributed by atoms with van der Waals surface area (Å²) < 4.78 is 37.7. The molecule has 0 amide bonds. The molecule has 1 rings (SSSR count). The van der Waals surface area contributed by atoms with E-state index in [0.29, 0.717) is 17.9 Å². The predicted molar refractivity (Wildman–Crippen MR) is 73.5 cm³/mol. The van der Waals surface area contributed by atoms with E-state index in [1.54, 1.807) is 6.26 Å². The summed E-state index contributed by atoms with van der Waals surface area (Å²) in [7, 11) is 0. The number of alkyl halides is 3. The van der Waals surface area contributed by atoms with Gasteiger partial charge in [0.1, 0.15) is 5.69 Å². The SMILES string of the molecule is CSCC[C@@H](Nc1ccc(C(F)(F)F)cc1[N+](=O)[O-])C(=O)[O-]. The Bertz CT molecular complexity index is 566. The van der Waals surface area contributed by atoms with Gasteiger partial charge in [-0.05, 0) is 30.6 Å². The van der Waals surface area contributed by atoms with Gasteiger partial charge in [-0.15, -0.1) is 0 Å². The van der Waals surface area contributed by atoms with Gasteiger partial charge in [-0.2, -0.15) is 24.9 Å². The molecule has 122 valence electrons. The number of nitrogens with zero attached hydrogens (tertiary/aromatic N) is 1. The first kappa shape index (κ1) is 18.1. The number of nitrogens with one attached hydrogen (secondary N) is 1. The Labute approximate surface area is 127 Å². The van der Waals surface area contributed by atoms with E-state index in [1.165, 1.54) is 11.8 Å². The Hall–Kier alpha value is -1.97. The lowest BCUT2D eigenvalue weighted by atomic mass is 10.1. The number of carboxylic acids is 1. The molecule has 10 heteroatoms. The molecule has 0 saturated heterocycles. The summed E-state index contributed by atoms with van der Waals surface area (Å²) in [4.78, 5) is 20.9. The number of anilines is 1. The number of nitro benzene ring substituents is 1. The van der Waals surface area contributed by atoms with E-state index in [1.807, 2.05) is 0 Å². The van der Waals surface area contributed by atoms with Crippen LogP contribution in [0.4, 0.5) is 24.5 Å². The molecule has 0 aliphatic rings. The number of hydrogen-bond donors (Lipinski definition) is 1. The number of carbonyl (C=O) groups excluding carboxylic acids is 1. The van der Waals surface area contributed by atoms with Crippen molar-refractivity contribution in [2.45, 2.75) is 18.6 Å². The molecule has 1 atom stereocenters. The second kappa shape index (κ2) is 7.34. The molecule has 6 nitrogen and oxygen atoms in total. The van der Waals surface area contributed by atoms with Gasteiger partial charge in [0.2, 0.25) is 0 Å². The van der Waals surface area contributed by atoms with Crippen molar-refractivity contribution < 1.29 is 28.0 Å². The Morgan fingerprint density at radius 1 is 1.45 bits per heavy atom. The van der Waals surface area contributed by atoms with Crippen molar-refractivity contribution >= 4 is 29.1 Å². The molecule has 0 spiro atoms.